The van der Waals surface area contributed by atoms with E-state index in [2.05, 4.69) is 15.1 Å². The van der Waals surface area contributed by atoms with Crippen LogP contribution < -0.4 is 5.56 Å². The van der Waals surface area contributed by atoms with Crippen LogP contribution in [0.2, 0.25) is 5.02 Å². The molecule has 2 atom stereocenters. The molecule has 0 N–H and O–H groups in total. The average Bonchev–Trinajstić information content (AvgIpc) is 3.61. The number of ether oxygens (including phenoxy) is 1. The van der Waals surface area contributed by atoms with Gasteiger partial charge in [-0.2, -0.15) is 5.10 Å². The first-order valence-corrected chi connectivity index (χ1v) is 12.1. The van der Waals surface area contributed by atoms with E-state index in [-0.39, 0.29) is 39.6 Å². The zero-order valence-electron chi connectivity index (χ0n) is 19.2. The predicted molar refractivity (Wildman–Crippen MR) is 125 cm³/mol. The molecule has 0 unspecified atom stereocenters. The summed E-state index contributed by atoms with van der Waals surface area (Å²) >= 11 is 6.18. The van der Waals surface area contributed by atoms with Crippen LogP contribution >= 0.6 is 11.6 Å². The molecular weight excluding hydrogens is 495 g/mol. The van der Waals surface area contributed by atoms with Crippen molar-refractivity contribution in [3.8, 4) is 11.3 Å². The number of fused-ring (bicyclic) bond motifs is 1. The lowest BCUT2D eigenvalue weighted by atomic mass is 9.90. The summed E-state index contributed by atoms with van der Waals surface area (Å²) in [5, 5.41) is 4.36. The van der Waals surface area contributed by atoms with Gasteiger partial charge in [0.15, 0.2) is 17.3 Å². The lowest BCUT2D eigenvalue weighted by Gasteiger charge is -2.29. The molecule has 1 saturated heterocycles. The van der Waals surface area contributed by atoms with E-state index in [1.807, 2.05) is 10.9 Å². The van der Waals surface area contributed by atoms with Crippen molar-refractivity contribution in [2.75, 3.05) is 6.61 Å². The predicted octanol–water partition coefficient (Wildman–Crippen LogP) is 5.30. The molecule has 2 aliphatic rings. The smallest absolute Gasteiger partial charge is 0.277 e. The first-order chi connectivity index (χ1) is 17.3. The summed E-state index contributed by atoms with van der Waals surface area (Å²) in [6.45, 7) is 1.98. The maximum absolute atomic E-state index is 14.8. The number of aryl methyl sites for hydroxylation is 1. The third-order valence-electron chi connectivity index (χ3n) is 6.82. The Morgan fingerprint density at radius 2 is 1.83 bits per heavy atom. The summed E-state index contributed by atoms with van der Waals surface area (Å²) in [5.41, 5.74) is 0.747. The van der Waals surface area contributed by atoms with E-state index in [1.165, 1.54) is 17.5 Å². The fourth-order valence-electron chi connectivity index (χ4n) is 4.68. The van der Waals surface area contributed by atoms with Crippen LogP contribution in [0.1, 0.15) is 60.7 Å². The normalized spacial score (nSPS) is 20.2. The van der Waals surface area contributed by atoms with Crippen molar-refractivity contribution >= 4 is 17.2 Å². The van der Waals surface area contributed by atoms with Crippen LogP contribution in [0.5, 0.6) is 0 Å². The van der Waals surface area contributed by atoms with Crippen LogP contribution in [0.15, 0.2) is 35.5 Å². The van der Waals surface area contributed by atoms with Crippen LogP contribution in [0.4, 0.5) is 13.2 Å². The number of nitrogens with zero attached hydrogens (tertiary/aromatic N) is 5. The Hall–Kier alpha value is -3.24. The van der Waals surface area contributed by atoms with Crippen molar-refractivity contribution in [2.45, 2.75) is 50.7 Å². The van der Waals surface area contributed by atoms with Gasteiger partial charge in [-0.1, -0.05) is 11.6 Å². The van der Waals surface area contributed by atoms with Gasteiger partial charge in [-0.05, 0) is 38.7 Å². The van der Waals surface area contributed by atoms with E-state index in [0.29, 0.717) is 37.3 Å². The molecule has 11 heteroatoms. The highest BCUT2D eigenvalue weighted by molar-refractivity contribution is 6.31. The molecule has 0 bridgehead atoms. The Balaban J connectivity index is 1.47. The highest BCUT2D eigenvalue weighted by Crippen LogP contribution is 2.40. The molecule has 7 nitrogen and oxygen atoms in total. The van der Waals surface area contributed by atoms with Gasteiger partial charge in [0.25, 0.3) is 5.56 Å². The molecule has 1 saturated carbocycles. The van der Waals surface area contributed by atoms with Crippen molar-refractivity contribution in [3.63, 3.8) is 0 Å². The van der Waals surface area contributed by atoms with Gasteiger partial charge in [0.1, 0.15) is 16.5 Å². The van der Waals surface area contributed by atoms with Crippen molar-refractivity contribution in [2.24, 2.45) is 0 Å². The van der Waals surface area contributed by atoms with Crippen molar-refractivity contribution in [3.05, 3.63) is 80.5 Å². The second-order valence-electron chi connectivity index (χ2n) is 9.34. The average molecular weight is 516 g/mol. The van der Waals surface area contributed by atoms with E-state index >= 15 is 0 Å². The van der Waals surface area contributed by atoms with Gasteiger partial charge >= 0.3 is 0 Å². The maximum Gasteiger partial charge on any atom is 0.277 e. The maximum atomic E-state index is 14.8. The van der Waals surface area contributed by atoms with E-state index in [1.54, 1.807) is 6.20 Å². The largest absolute Gasteiger partial charge is 0.373 e. The third-order valence-corrected chi connectivity index (χ3v) is 7.26. The van der Waals surface area contributed by atoms with E-state index in [9.17, 15) is 18.0 Å². The monoisotopic (exact) mass is 515 g/mol. The molecule has 186 valence electrons. The molecule has 0 radical (unpaired) electrons. The quantitative estimate of drug-likeness (QED) is 0.345. The fourth-order valence-corrected chi connectivity index (χ4v) is 4.82. The first kappa shape index (κ1) is 23.2. The summed E-state index contributed by atoms with van der Waals surface area (Å²) < 4.78 is 51.8. The second-order valence-corrected chi connectivity index (χ2v) is 9.71. The zero-order chi connectivity index (χ0) is 25.1. The van der Waals surface area contributed by atoms with Gasteiger partial charge in [0.05, 0.1) is 29.7 Å². The summed E-state index contributed by atoms with van der Waals surface area (Å²) in [7, 11) is 0. The molecule has 0 spiro atoms. The number of aromatic nitrogens is 5. The Kier molecular flexibility index (Phi) is 5.60. The van der Waals surface area contributed by atoms with Gasteiger partial charge in [0.2, 0.25) is 0 Å². The molecule has 4 heterocycles. The molecule has 36 heavy (non-hydrogen) atoms. The van der Waals surface area contributed by atoms with Crippen molar-refractivity contribution < 1.29 is 17.9 Å². The van der Waals surface area contributed by atoms with Gasteiger partial charge in [-0.15, -0.1) is 0 Å². The van der Waals surface area contributed by atoms with E-state index in [4.69, 9.17) is 16.3 Å². The number of halogens is 4. The number of hydrogen-bond acceptors (Lipinski definition) is 5. The fraction of sp³-hybridized carbons (Fsp3) is 0.360. The Bertz CT molecular complexity index is 1570. The van der Waals surface area contributed by atoms with Crippen LogP contribution in [0, 0.1) is 24.4 Å². The molecule has 1 aliphatic carbocycles. The molecule has 3 aromatic heterocycles. The third kappa shape index (κ3) is 3.98. The lowest BCUT2D eigenvalue weighted by molar-refractivity contribution is 0.00454. The summed E-state index contributed by atoms with van der Waals surface area (Å²) in [5.74, 6) is -3.72. The van der Waals surface area contributed by atoms with Crippen LogP contribution in [-0.2, 0) is 4.74 Å². The number of benzene rings is 1. The minimum absolute atomic E-state index is 0.00452. The molecular formula is C25H21ClF3N5O2. The SMILES string of the molecule is Cc1nc2c(-c3cc(F)c(F)cc3F)nc([C@@H]3CCO[C@@H](c4cnn(C5CC5)c4)C3)cn2c(=O)c1Cl. The van der Waals surface area contributed by atoms with E-state index in [0.717, 1.165) is 24.5 Å². The minimum Gasteiger partial charge on any atom is -0.373 e. The zero-order valence-corrected chi connectivity index (χ0v) is 20.0. The van der Waals surface area contributed by atoms with Crippen molar-refractivity contribution in [1.82, 2.24) is 24.1 Å². The van der Waals surface area contributed by atoms with Crippen LogP contribution in [0.3, 0.4) is 0 Å². The molecule has 0 amide bonds. The van der Waals surface area contributed by atoms with Crippen LogP contribution in [-0.4, -0.2) is 30.8 Å². The van der Waals surface area contributed by atoms with Gasteiger partial charge in [-0.25, -0.2) is 23.1 Å². The minimum atomic E-state index is -1.32. The summed E-state index contributed by atoms with van der Waals surface area (Å²) in [4.78, 5) is 22.0. The Morgan fingerprint density at radius 3 is 2.61 bits per heavy atom. The van der Waals surface area contributed by atoms with Crippen LogP contribution in [0.25, 0.3) is 16.9 Å². The van der Waals surface area contributed by atoms with Gasteiger partial charge in [0, 0.05) is 42.1 Å². The first-order valence-electron chi connectivity index (χ1n) is 11.7. The Labute approximate surface area is 208 Å². The van der Waals surface area contributed by atoms with E-state index < -0.39 is 23.0 Å². The summed E-state index contributed by atoms with van der Waals surface area (Å²) in [6, 6.07) is 1.63. The van der Waals surface area contributed by atoms with Gasteiger partial charge < -0.3 is 4.74 Å². The highest BCUT2D eigenvalue weighted by atomic mass is 35.5. The lowest BCUT2D eigenvalue weighted by Crippen LogP contribution is -2.23. The molecule has 6 rings (SSSR count). The second kappa shape index (κ2) is 8.70. The Morgan fingerprint density at radius 1 is 1.06 bits per heavy atom. The molecule has 1 aromatic carbocycles. The summed E-state index contributed by atoms with van der Waals surface area (Å²) in [6.07, 6.45) is 8.50. The standard InChI is InChI=1S/C25H21ClF3N5O2/c1-12-22(26)25(35)33-11-20(32-23(24(33)31-12)16-7-18(28)19(29)8-17(16)27)13-4-5-36-21(6-13)14-9-30-34(10-14)15-2-3-15/h7-11,13,15,21H,2-6H2,1H3/t13-,21-/m1/s1. The van der Waals surface area contributed by atoms with Gasteiger partial charge in [-0.3, -0.25) is 13.9 Å². The molecule has 4 aromatic rings. The topological polar surface area (TPSA) is 74.3 Å². The molecule has 2 fully saturated rings. The highest BCUT2D eigenvalue weighted by Gasteiger charge is 2.31. The number of rotatable bonds is 4. The molecule has 1 aliphatic heterocycles. The van der Waals surface area contributed by atoms with Crippen molar-refractivity contribution in [1.29, 1.82) is 0 Å². The number of hydrogen-bond donors (Lipinski definition) is 0.